The van der Waals surface area contributed by atoms with Crippen molar-refractivity contribution in [2.45, 2.75) is 6.92 Å². The number of aryl methyl sites for hydroxylation is 1. The average Bonchev–Trinajstić information content (AvgIpc) is 2.49. The molecule has 0 radical (unpaired) electrons. The average molecular weight is 248 g/mol. The maximum absolute atomic E-state index is 4.42. The van der Waals surface area contributed by atoms with Crippen molar-refractivity contribution >= 4 is 0 Å². The van der Waals surface area contributed by atoms with E-state index in [9.17, 15) is 0 Å². The Hall–Kier alpha value is -2.62. The van der Waals surface area contributed by atoms with Crippen LogP contribution in [0.1, 0.15) is 5.69 Å². The standard InChI is InChI=1S/C15H12N4/c1-11-8-18-15(10-17-11)12-5-6-14(19-9-12)13-4-2-3-7-16-13/h2-10H,1H3. The van der Waals surface area contributed by atoms with Gasteiger partial charge in [-0.25, -0.2) is 0 Å². The Morgan fingerprint density at radius 2 is 1.53 bits per heavy atom. The highest BCUT2D eigenvalue weighted by molar-refractivity contribution is 5.61. The van der Waals surface area contributed by atoms with Gasteiger partial charge in [-0.15, -0.1) is 0 Å². The van der Waals surface area contributed by atoms with Crippen LogP contribution in [0.2, 0.25) is 0 Å². The Kier molecular flexibility index (Phi) is 2.98. The van der Waals surface area contributed by atoms with Crippen molar-refractivity contribution < 1.29 is 0 Å². The van der Waals surface area contributed by atoms with Gasteiger partial charge in [-0.2, -0.15) is 0 Å². The van der Waals surface area contributed by atoms with Crippen molar-refractivity contribution in [2.75, 3.05) is 0 Å². The van der Waals surface area contributed by atoms with Crippen molar-refractivity contribution in [3.63, 3.8) is 0 Å². The van der Waals surface area contributed by atoms with Gasteiger partial charge in [-0.3, -0.25) is 19.9 Å². The smallest absolute Gasteiger partial charge is 0.0900 e. The summed E-state index contributed by atoms with van der Waals surface area (Å²) in [6.07, 6.45) is 7.06. The van der Waals surface area contributed by atoms with Crippen LogP contribution in [0.5, 0.6) is 0 Å². The van der Waals surface area contributed by atoms with E-state index in [2.05, 4.69) is 19.9 Å². The lowest BCUT2D eigenvalue weighted by Crippen LogP contribution is -1.90. The molecule has 0 amide bonds. The van der Waals surface area contributed by atoms with E-state index >= 15 is 0 Å². The topological polar surface area (TPSA) is 51.6 Å². The molecule has 3 rings (SSSR count). The third-order valence-electron chi connectivity index (χ3n) is 2.77. The van der Waals surface area contributed by atoms with E-state index in [4.69, 9.17) is 0 Å². The Morgan fingerprint density at radius 3 is 2.16 bits per heavy atom. The molecule has 0 aromatic carbocycles. The minimum atomic E-state index is 0.825. The van der Waals surface area contributed by atoms with E-state index < -0.39 is 0 Å². The molecule has 0 spiro atoms. The molecule has 4 nitrogen and oxygen atoms in total. The zero-order valence-corrected chi connectivity index (χ0v) is 10.5. The second-order valence-corrected chi connectivity index (χ2v) is 4.19. The van der Waals surface area contributed by atoms with E-state index in [0.717, 1.165) is 28.3 Å². The van der Waals surface area contributed by atoms with Gasteiger partial charge in [0.1, 0.15) is 0 Å². The molecular weight excluding hydrogens is 236 g/mol. The normalized spacial score (nSPS) is 10.4. The number of hydrogen-bond acceptors (Lipinski definition) is 4. The van der Waals surface area contributed by atoms with Crippen molar-refractivity contribution in [1.29, 1.82) is 0 Å². The molecule has 92 valence electrons. The molecule has 19 heavy (non-hydrogen) atoms. The van der Waals surface area contributed by atoms with Crippen LogP contribution in [0, 0.1) is 6.92 Å². The molecular formula is C15H12N4. The van der Waals surface area contributed by atoms with Crippen LogP contribution in [-0.4, -0.2) is 19.9 Å². The lowest BCUT2D eigenvalue weighted by Gasteiger charge is -2.02. The van der Waals surface area contributed by atoms with E-state index in [0.29, 0.717) is 0 Å². The number of hydrogen-bond donors (Lipinski definition) is 0. The molecule has 3 aromatic heterocycles. The van der Waals surface area contributed by atoms with Crippen LogP contribution < -0.4 is 0 Å². The fourth-order valence-electron chi connectivity index (χ4n) is 1.75. The summed E-state index contributed by atoms with van der Waals surface area (Å²) in [6.45, 7) is 1.92. The summed E-state index contributed by atoms with van der Waals surface area (Å²) in [7, 11) is 0. The molecule has 0 N–H and O–H groups in total. The summed E-state index contributed by atoms with van der Waals surface area (Å²) in [5, 5.41) is 0. The zero-order valence-electron chi connectivity index (χ0n) is 10.5. The highest BCUT2D eigenvalue weighted by atomic mass is 14.8. The largest absolute Gasteiger partial charge is 0.258 e. The first-order valence-corrected chi connectivity index (χ1v) is 5.99. The van der Waals surface area contributed by atoms with Gasteiger partial charge in [0.25, 0.3) is 0 Å². The summed E-state index contributed by atoms with van der Waals surface area (Å²) < 4.78 is 0. The second-order valence-electron chi connectivity index (χ2n) is 4.19. The lowest BCUT2D eigenvalue weighted by molar-refractivity contribution is 1.12. The summed E-state index contributed by atoms with van der Waals surface area (Å²) >= 11 is 0. The maximum atomic E-state index is 4.42. The fourth-order valence-corrected chi connectivity index (χ4v) is 1.75. The summed E-state index contributed by atoms with van der Waals surface area (Å²) in [6, 6.07) is 9.70. The van der Waals surface area contributed by atoms with Crippen LogP contribution in [0.3, 0.4) is 0 Å². The third-order valence-corrected chi connectivity index (χ3v) is 2.77. The lowest BCUT2D eigenvalue weighted by atomic mass is 10.2. The fraction of sp³-hybridized carbons (Fsp3) is 0.0667. The van der Waals surface area contributed by atoms with Gasteiger partial charge in [-0.1, -0.05) is 6.07 Å². The summed E-state index contributed by atoms with van der Waals surface area (Å²) in [5.41, 5.74) is 4.40. The molecule has 0 aliphatic heterocycles. The van der Waals surface area contributed by atoms with Gasteiger partial charge in [-0.05, 0) is 31.2 Å². The first-order chi connectivity index (χ1) is 9.33. The Labute approximate surface area is 111 Å². The first-order valence-electron chi connectivity index (χ1n) is 5.99. The van der Waals surface area contributed by atoms with Crippen LogP contribution in [0.25, 0.3) is 22.6 Å². The Bertz CT molecular complexity index is 661. The predicted octanol–water partition coefficient (Wildman–Crippen LogP) is 2.91. The predicted molar refractivity (Wildman–Crippen MR) is 73.2 cm³/mol. The van der Waals surface area contributed by atoms with E-state index in [1.165, 1.54) is 0 Å². The van der Waals surface area contributed by atoms with Gasteiger partial charge in [0.2, 0.25) is 0 Å². The molecule has 0 unspecified atom stereocenters. The summed E-state index contributed by atoms with van der Waals surface area (Å²) in [4.78, 5) is 17.3. The molecule has 0 saturated heterocycles. The number of nitrogens with zero attached hydrogens (tertiary/aromatic N) is 4. The first kappa shape index (κ1) is 11.5. The van der Waals surface area contributed by atoms with Crippen molar-refractivity contribution in [1.82, 2.24) is 19.9 Å². The zero-order chi connectivity index (χ0) is 13.1. The van der Waals surface area contributed by atoms with Crippen LogP contribution >= 0.6 is 0 Å². The van der Waals surface area contributed by atoms with Crippen LogP contribution in [0.15, 0.2) is 55.1 Å². The van der Waals surface area contributed by atoms with Gasteiger partial charge in [0, 0.05) is 24.2 Å². The monoisotopic (exact) mass is 248 g/mol. The number of rotatable bonds is 2. The van der Waals surface area contributed by atoms with Gasteiger partial charge in [0.05, 0.1) is 29.0 Å². The van der Waals surface area contributed by atoms with Crippen LogP contribution in [0.4, 0.5) is 0 Å². The van der Waals surface area contributed by atoms with E-state index in [1.807, 2.05) is 37.3 Å². The van der Waals surface area contributed by atoms with E-state index in [1.54, 1.807) is 24.8 Å². The minimum Gasteiger partial charge on any atom is -0.258 e. The third kappa shape index (κ3) is 2.47. The quantitative estimate of drug-likeness (QED) is 0.699. The summed E-state index contributed by atoms with van der Waals surface area (Å²) in [5.74, 6) is 0. The van der Waals surface area contributed by atoms with Crippen LogP contribution in [-0.2, 0) is 0 Å². The Balaban J connectivity index is 1.93. The molecule has 3 heterocycles. The molecule has 0 fully saturated rings. The van der Waals surface area contributed by atoms with Gasteiger partial charge in [0.15, 0.2) is 0 Å². The van der Waals surface area contributed by atoms with Crippen molar-refractivity contribution in [2.24, 2.45) is 0 Å². The molecule has 0 atom stereocenters. The molecule has 0 aliphatic rings. The second kappa shape index (κ2) is 4.94. The molecule has 0 aliphatic carbocycles. The SMILES string of the molecule is Cc1cnc(-c2ccc(-c3ccccn3)nc2)cn1. The van der Waals surface area contributed by atoms with Crippen molar-refractivity contribution in [3.05, 3.63) is 60.8 Å². The highest BCUT2D eigenvalue weighted by Gasteiger charge is 2.03. The molecule has 0 bridgehead atoms. The maximum Gasteiger partial charge on any atom is 0.0900 e. The highest BCUT2D eigenvalue weighted by Crippen LogP contribution is 2.19. The van der Waals surface area contributed by atoms with Gasteiger partial charge >= 0.3 is 0 Å². The molecule has 0 saturated carbocycles. The number of pyridine rings is 2. The van der Waals surface area contributed by atoms with Gasteiger partial charge < -0.3 is 0 Å². The van der Waals surface area contributed by atoms with E-state index in [-0.39, 0.29) is 0 Å². The minimum absolute atomic E-state index is 0.825. The number of aromatic nitrogens is 4. The van der Waals surface area contributed by atoms with Crippen molar-refractivity contribution in [3.8, 4) is 22.6 Å². The molecule has 3 aromatic rings. The Morgan fingerprint density at radius 1 is 0.684 bits per heavy atom. The molecule has 4 heteroatoms.